The van der Waals surface area contributed by atoms with Gasteiger partial charge in [-0.05, 0) is 12.1 Å². The third-order valence-corrected chi connectivity index (χ3v) is 3.27. The first kappa shape index (κ1) is 14.8. The summed E-state index contributed by atoms with van der Waals surface area (Å²) < 4.78 is 43.5. The monoisotopic (exact) mass is 287 g/mol. The molecule has 0 amide bonds. The fraction of sp³-hybridized carbons (Fsp3) is 0.500. The number of halogens is 3. The number of ketones is 1. The molecular formula is C14H16F3NO2. The number of ether oxygens (including phenoxy) is 1. The molecule has 0 radical (unpaired) electrons. The molecule has 0 N–H and O–H groups in total. The maximum absolute atomic E-state index is 12.7. The number of nitrogens with zero attached hydrogens (tertiary/aromatic N) is 1. The summed E-state index contributed by atoms with van der Waals surface area (Å²) in [4.78, 5) is 13.1. The van der Waals surface area contributed by atoms with Crippen molar-refractivity contribution in [2.45, 2.75) is 19.0 Å². The van der Waals surface area contributed by atoms with Crippen LogP contribution in [0.1, 0.15) is 18.4 Å². The highest BCUT2D eigenvalue weighted by atomic mass is 19.4. The van der Waals surface area contributed by atoms with Gasteiger partial charge in [-0.25, -0.2) is 0 Å². The number of Topliss-reactive ketones (excluding diaryl/α,β-unsaturated/α-hetero) is 1. The van der Waals surface area contributed by atoms with E-state index in [1.165, 1.54) is 18.2 Å². The summed E-state index contributed by atoms with van der Waals surface area (Å²) >= 11 is 0. The SMILES string of the molecule is O=C1CCN(CCOc2ccccc2C(F)(F)F)CC1. The predicted molar refractivity (Wildman–Crippen MR) is 67.6 cm³/mol. The Morgan fingerprint density at radius 2 is 1.80 bits per heavy atom. The number of piperidine rings is 1. The molecule has 0 aliphatic carbocycles. The lowest BCUT2D eigenvalue weighted by Gasteiger charge is -2.25. The Labute approximate surface area is 115 Å². The van der Waals surface area contributed by atoms with E-state index < -0.39 is 11.7 Å². The third kappa shape index (κ3) is 3.96. The second-order valence-electron chi connectivity index (χ2n) is 4.72. The molecule has 0 saturated carbocycles. The van der Waals surface area contributed by atoms with E-state index in [1.54, 1.807) is 0 Å². The number of hydrogen-bond acceptors (Lipinski definition) is 3. The van der Waals surface area contributed by atoms with Crippen LogP contribution in [-0.4, -0.2) is 36.9 Å². The zero-order chi connectivity index (χ0) is 14.6. The lowest BCUT2D eigenvalue weighted by Crippen LogP contribution is -2.36. The average molecular weight is 287 g/mol. The lowest BCUT2D eigenvalue weighted by atomic mass is 10.1. The Hall–Kier alpha value is -1.56. The Morgan fingerprint density at radius 1 is 1.15 bits per heavy atom. The van der Waals surface area contributed by atoms with Crippen molar-refractivity contribution in [2.75, 3.05) is 26.2 Å². The lowest BCUT2D eigenvalue weighted by molar-refractivity contribution is -0.139. The fourth-order valence-electron chi connectivity index (χ4n) is 2.14. The fourth-order valence-corrected chi connectivity index (χ4v) is 2.14. The van der Waals surface area contributed by atoms with Gasteiger partial charge in [0.1, 0.15) is 18.1 Å². The number of hydrogen-bond donors (Lipinski definition) is 0. The zero-order valence-corrected chi connectivity index (χ0v) is 10.9. The van der Waals surface area contributed by atoms with Gasteiger partial charge in [-0.15, -0.1) is 0 Å². The number of carbonyl (C=O) groups excluding carboxylic acids is 1. The number of carbonyl (C=O) groups is 1. The van der Waals surface area contributed by atoms with Crippen LogP contribution in [0.2, 0.25) is 0 Å². The van der Waals surface area contributed by atoms with Crippen molar-refractivity contribution in [3.05, 3.63) is 29.8 Å². The summed E-state index contributed by atoms with van der Waals surface area (Å²) in [6.07, 6.45) is -3.38. The van der Waals surface area contributed by atoms with Crippen LogP contribution < -0.4 is 4.74 Å². The molecule has 20 heavy (non-hydrogen) atoms. The van der Waals surface area contributed by atoms with Crippen molar-refractivity contribution in [3.63, 3.8) is 0 Å². The molecule has 3 nitrogen and oxygen atoms in total. The number of alkyl halides is 3. The van der Waals surface area contributed by atoms with E-state index in [0.29, 0.717) is 32.5 Å². The highest BCUT2D eigenvalue weighted by Gasteiger charge is 2.34. The molecule has 1 aromatic rings. The van der Waals surface area contributed by atoms with Gasteiger partial charge < -0.3 is 4.74 Å². The van der Waals surface area contributed by atoms with Crippen molar-refractivity contribution in [1.29, 1.82) is 0 Å². The van der Waals surface area contributed by atoms with Gasteiger partial charge in [0.2, 0.25) is 0 Å². The molecule has 0 aromatic heterocycles. The summed E-state index contributed by atoms with van der Waals surface area (Å²) in [6, 6.07) is 5.19. The van der Waals surface area contributed by atoms with Gasteiger partial charge in [-0.2, -0.15) is 13.2 Å². The third-order valence-electron chi connectivity index (χ3n) is 3.27. The molecule has 1 aliphatic rings. The number of likely N-dealkylation sites (tertiary alicyclic amines) is 1. The molecule has 0 spiro atoms. The summed E-state index contributed by atoms with van der Waals surface area (Å²) in [5.41, 5.74) is -0.756. The Kier molecular flexibility index (Phi) is 4.65. The van der Waals surface area contributed by atoms with Crippen LogP contribution in [0.4, 0.5) is 13.2 Å². The molecule has 1 aromatic carbocycles. The van der Waals surface area contributed by atoms with Gasteiger partial charge in [-0.1, -0.05) is 12.1 Å². The van der Waals surface area contributed by atoms with Gasteiger partial charge in [0, 0.05) is 32.5 Å². The van der Waals surface area contributed by atoms with Gasteiger partial charge in [0.25, 0.3) is 0 Å². The molecule has 0 atom stereocenters. The van der Waals surface area contributed by atoms with E-state index in [0.717, 1.165) is 6.07 Å². The topological polar surface area (TPSA) is 29.5 Å². The first-order valence-electron chi connectivity index (χ1n) is 6.50. The van der Waals surface area contributed by atoms with Gasteiger partial charge in [0.15, 0.2) is 0 Å². The minimum absolute atomic E-state index is 0.145. The smallest absolute Gasteiger partial charge is 0.419 e. The average Bonchev–Trinajstić information content (AvgIpc) is 2.40. The Bertz CT molecular complexity index is 464. The molecule has 1 aliphatic heterocycles. The van der Waals surface area contributed by atoms with Crippen LogP contribution >= 0.6 is 0 Å². The molecule has 2 rings (SSSR count). The quantitative estimate of drug-likeness (QED) is 0.853. The maximum atomic E-state index is 12.7. The second kappa shape index (κ2) is 6.26. The molecular weight excluding hydrogens is 271 g/mol. The minimum atomic E-state index is -4.41. The maximum Gasteiger partial charge on any atom is 0.419 e. The molecule has 1 saturated heterocycles. The predicted octanol–water partition coefficient (Wildman–Crippen LogP) is 2.75. The van der Waals surface area contributed by atoms with Crippen molar-refractivity contribution in [1.82, 2.24) is 4.90 Å². The standard InChI is InChI=1S/C14H16F3NO2/c15-14(16,17)12-3-1-2-4-13(12)20-10-9-18-7-5-11(19)6-8-18/h1-4H,5-10H2. The zero-order valence-electron chi connectivity index (χ0n) is 10.9. The van der Waals surface area contributed by atoms with Crippen LogP contribution in [-0.2, 0) is 11.0 Å². The first-order chi connectivity index (χ1) is 9.47. The van der Waals surface area contributed by atoms with Crippen LogP contribution in [0.3, 0.4) is 0 Å². The van der Waals surface area contributed by atoms with Crippen molar-refractivity contribution in [2.24, 2.45) is 0 Å². The van der Waals surface area contributed by atoms with Crippen LogP contribution in [0.5, 0.6) is 5.75 Å². The normalized spacial score (nSPS) is 17.2. The number of benzene rings is 1. The Morgan fingerprint density at radius 3 is 2.45 bits per heavy atom. The first-order valence-corrected chi connectivity index (χ1v) is 6.50. The van der Waals surface area contributed by atoms with Crippen LogP contribution in [0.25, 0.3) is 0 Å². The molecule has 110 valence electrons. The van der Waals surface area contributed by atoms with Crippen molar-refractivity contribution < 1.29 is 22.7 Å². The highest BCUT2D eigenvalue weighted by Crippen LogP contribution is 2.35. The van der Waals surface area contributed by atoms with Gasteiger partial charge >= 0.3 is 6.18 Å². The molecule has 0 unspecified atom stereocenters. The Balaban J connectivity index is 1.87. The number of rotatable bonds is 4. The molecule has 1 fully saturated rings. The highest BCUT2D eigenvalue weighted by molar-refractivity contribution is 5.79. The van der Waals surface area contributed by atoms with Crippen molar-refractivity contribution >= 4 is 5.78 Å². The second-order valence-corrected chi connectivity index (χ2v) is 4.72. The van der Waals surface area contributed by atoms with E-state index in [1.807, 2.05) is 4.90 Å². The number of para-hydroxylation sites is 1. The molecule has 0 bridgehead atoms. The van der Waals surface area contributed by atoms with E-state index in [-0.39, 0.29) is 18.1 Å². The van der Waals surface area contributed by atoms with E-state index in [4.69, 9.17) is 4.74 Å². The van der Waals surface area contributed by atoms with E-state index >= 15 is 0 Å². The van der Waals surface area contributed by atoms with Crippen molar-refractivity contribution in [3.8, 4) is 5.75 Å². The summed E-state index contributed by atoms with van der Waals surface area (Å²) in [5, 5.41) is 0. The van der Waals surface area contributed by atoms with E-state index in [2.05, 4.69) is 0 Å². The summed E-state index contributed by atoms with van der Waals surface area (Å²) in [6.45, 7) is 2.02. The van der Waals surface area contributed by atoms with Crippen LogP contribution in [0.15, 0.2) is 24.3 Å². The van der Waals surface area contributed by atoms with Crippen LogP contribution in [0, 0.1) is 0 Å². The van der Waals surface area contributed by atoms with E-state index in [9.17, 15) is 18.0 Å². The molecule has 6 heteroatoms. The summed E-state index contributed by atoms with van der Waals surface area (Å²) in [7, 11) is 0. The van der Waals surface area contributed by atoms with Gasteiger partial charge in [-0.3, -0.25) is 9.69 Å². The largest absolute Gasteiger partial charge is 0.492 e. The molecule has 1 heterocycles. The summed E-state index contributed by atoms with van der Waals surface area (Å²) in [5.74, 6) is 0.0951. The minimum Gasteiger partial charge on any atom is -0.492 e. The van der Waals surface area contributed by atoms with Gasteiger partial charge in [0.05, 0.1) is 5.56 Å².